The summed E-state index contributed by atoms with van der Waals surface area (Å²) in [7, 11) is 0. The van der Waals surface area contributed by atoms with E-state index in [9.17, 15) is 13.2 Å². The first kappa shape index (κ1) is 19.1. The van der Waals surface area contributed by atoms with Gasteiger partial charge in [-0.15, -0.1) is 21.5 Å². The number of likely N-dealkylation sites (tertiary alicyclic amines) is 1. The molecule has 4 nitrogen and oxygen atoms in total. The zero-order valence-electron chi connectivity index (χ0n) is 15.5. The number of nitrogens with zero attached hydrogens (tertiary/aromatic N) is 3. The molecule has 3 aromatic rings. The lowest BCUT2D eigenvalue weighted by molar-refractivity contribution is -0.137. The van der Waals surface area contributed by atoms with Gasteiger partial charge in [0, 0.05) is 23.5 Å². The number of aromatic nitrogens is 2. The van der Waals surface area contributed by atoms with Crippen LogP contribution in [0.1, 0.15) is 25.3 Å². The van der Waals surface area contributed by atoms with Crippen LogP contribution in [-0.2, 0) is 6.18 Å². The summed E-state index contributed by atoms with van der Waals surface area (Å²) in [6.45, 7) is 5.30. The first-order chi connectivity index (χ1) is 13.5. The number of hydrogen-bond acceptors (Lipinski definition) is 5. The molecule has 28 heavy (non-hydrogen) atoms. The van der Waals surface area contributed by atoms with Crippen LogP contribution in [0.4, 0.5) is 19.0 Å². The Labute approximate surface area is 165 Å². The molecule has 0 spiro atoms. The average molecular weight is 406 g/mol. The molecule has 2 aromatic heterocycles. The molecule has 0 bridgehead atoms. The van der Waals surface area contributed by atoms with Crippen LogP contribution in [-0.4, -0.2) is 40.8 Å². The normalized spacial score (nSPS) is 18.5. The summed E-state index contributed by atoms with van der Waals surface area (Å²) in [6.07, 6.45) is -2.11. The number of halogens is 3. The Morgan fingerprint density at radius 1 is 1.18 bits per heavy atom. The number of benzene rings is 1. The lowest BCUT2D eigenvalue weighted by Crippen LogP contribution is -2.42. The van der Waals surface area contributed by atoms with Gasteiger partial charge in [0.25, 0.3) is 0 Å². The van der Waals surface area contributed by atoms with Crippen LogP contribution in [0.15, 0.2) is 35.7 Å². The highest BCUT2D eigenvalue weighted by atomic mass is 32.1. The van der Waals surface area contributed by atoms with Gasteiger partial charge in [-0.3, -0.25) is 0 Å². The van der Waals surface area contributed by atoms with E-state index in [0.717, 1.165) is 60.5 Å². The predicted molar refractivity (Wildman–Crippen MR) is 107 cm³/mol. The third-order valence-electron chi connectivity index (χ3n) is 5.16. The summed E-state index contributed by atoms with van der Waals surface area (Å²) < 4.78 is 39.4. The van der Waals surface area contributed by atoms with Crippen molar-refractivity contribution >= 4 is 27.2 Å². The summed E-state index contributed by atoms with van der Waals surface area (Å²) in [4.78, 5) is 2.41. The minimum Gasteiger partial charge on any atom is -0.364 e. The molecule has 4 rings (SSSR count). The number of rotatable bonds is 4. The molecule has 0 radical (unpaired) electrons. The van der Waals surface area contributed by atoms with Crippen LogP contribution in [0.2, 0.25) is 0 Å². The molecule has 148 valence electrons. The number of hydrogen-bond donors (Lipinski definition) is 1. The second-order valence-electron chi connectivity index (χ2n) is 7.01. The van der Waals surface area contributed by atoms with Gasteiger partial charge in [-0.05, 0) is 49.5 Å². The van der Waals surface area contributed by atoms with E-state index < -0.39 is 11.7 Å². The van der Waals surface area contributed by atoms with Gasteiger partial charge in [0.2, 0.25) is 0 Å². The van der Waals surface area contributed by atoms with Crippen LogP contribution < -0.4 is 5.32 Å². The van der Waals surface area contributed by atoms with E-state index >= 15 is 0 Å². The standard InChI is InChI=1S/C20H21F3N4S/c1-2-27-10-3-4-15(12-27)24-19-16-9-11-28-18(16)17(25-26-19)13-5-7-14(8-6-13)20(21,22)23/h5-9,11,15H,2-4,10,12H2,1H3,(H,24,26)/t15-/m1/s1. The maximum absolute atomic E-state index is 12.8. The molecule has 0 aliphatic carbocycles. The minimum atomic E-state index is -4.34. The first-order valence-corrected chi connectivity index (χ1v) is 10.2. The zero-order chi connectivity index (χ0) is 19.7. The Hall–Kier alpha value is -2.19. The van der Waals surface area contributed by atoms with Gasteiger partial charge in [0.05, 0.1) is 10.3 Å². The minimum absolute atomic E-state index is 0.322. The van der Waals surface area contributed by atoms with Crippen molar-refractivity contribution in [2.24, 2.45) is 0 Å². The molecule has 1 saturated heterocycles. The molecule has 8 heteroatoms. The van der Waals surface area contributed by atoms with E-state index in [-0.39, 0.29) is 0 Å². The van der Waals surface area contributed by atoms with Crippen molar-refractivity contribution in [2.45, 2.75) is 32.0 Å². The Bertz CT molecular complexity index is 952. The third kappa shape index (κ3) is 3.84. The highest BCUT2D eigenvalue weighted by Gasteiger charge is 2.30. The molecular formula is C20H21F3N4S. The van der Waals surface area contributed by atoms with Crippen molar-refractivity contribution in [1.29, 1.82) is 0 Å². The summed E-state index contributed by atoms with van der Waals surface area (Å²) in [5.74, 6) is 0.745. The van der Waals surface area contributed by atoms with Crippen LogP contribution in [0.25, 0.3) is 21.3 Å². The molecule has 0 saturated carbocycles. The maximum Gasteiger partial charge on any atom is 0.416 e. The number of anilines is 1. The molecule has 0 unspecified atom stereocenters. The second-order valence-corrected chi connectivity index (χ2v) is 7.93. The van der Waals surface area contributed by atoms with Gasteiger partial charge in [0.1, 0.15) is 5.69 Å². The maximum atomic E-state index is 12.8. The number of thiophene rings is 1. The Kier molecular flexibility index (Phi) is 5.25. The number of piperidine rings is 1. The summed E-state index contributed by atoms with van der Waals surface area (Å²) in [5.41, 5.74) is 0.583. The summed E-state index contributed by atoms with van der Waals surface area (Å²) in [5, 5.41) is 15.2. The van der Waals surface area contributed by atoms with Crippen LogP contribution in [0.5, 0.6) is 0 Å². The smallest absolute Gasteiger partial charge is 0.364 e. The van der Waals surface area contributed by atoms with E-state index in [2.05, 4.69) is 27.3 Å². The van der Waals surface area contributed by atoms with Crippen LogP contribution in [0, 0.1) is 0 Å². The quantitative estimate of drug-likeness (QED) is 0.641. The monoisotopic (exact) mass is 406 g/mol. The molecule has 1 atom stereocenters. The largest absolute Gasteiger partial charge is 0.416 e. The van der Waals surface area contributed by atoms with E-state index in [1.54, 1.807) is 0 Å². The van der Waals surface area contributed by atoms with Crippen molar-refractivity contribution < 1.29 is 13.2 Å². The van der Waals surface area contributed by atoms with E-state index in [4.69, 9.17) is 0 Å². The van der Waals surface area contributed by atoms with Crippen molar-refractivity contribution in [1.82, 2.24) is 15.1 Å². The molecule has 1 aliphatic heterocycles. The van der Waals surface area contributed by atoms with Gasteiger partial charge >= 0.3 is 6.18 Å². The van der Waals surface area contributed by atoms with Crippen LogP contribution >= 0.6 is 11.3 Å². The molecular weight excluding hydrogens is 385 g/mol. The van der Waals surface area contributed by atoms with Gasteiger partial charge in [-0.2, -0.15) is 13.2 Å². The molecule has 0 amide bonds. The second kappa shape index (κ2) is 7.67. The Balaban J connectivity index is 1.62. The van der Waals surface area contributed by atoms with Crippen molar-refractivity contribution in [3.8, 4) is 11.3 Å². The molecule has 1 N–H and O–H groups in total. The SMILES string of the molecule is CCN1CCC[C@@H](Nc2nnc(-c3ccc(C(F)(F)F)cc3)c3sccc23)C1. The Morgan fingerprint density at radius 3 is 2.68 bits per heavy atom. The highest BCUT2D eigenvalue weighted by Crippen LogP contribution is 2.36. The first-order valence-electron chi connectivity index (χ1n) is 9.36. The van der Waals surface area contributed by atoms with Crippen molar-refractivity contribution in [3.05, 3.63) is 41.3 Å². The number of nitrogens with one attached hydrogen (secondary N) is 1. The lowest BCUT2D eigenvalue weighted by atomic mass is 10.1. The number of likely N-dealkylation sites (N-methyl/N-ethyl adjacent to an activating group) is 1. The fourth-order valence-electron chi connectivity index (χ4n) is 3.64. The predicted octanol–water partition coefficient (Wildman–Crippen LogP) is 5.27. The zero-order valence-corrected chi connectivity index (χ0v) is 16.3. The topological polar surface area (TPSA) is 41.0 Å². The van der Waals surface area contributed by atoms with Crippen molar-refractivity contribution in [2.75, 3.05) is 25.0 Å². The van der Waals surface area contributed by atoms with Gasteiger partial charge in [-0.1, -0.05) is 19.1 Å². The van der Waals surface area contributed by atoms with E-state index in [1.807, 2.05) is 11.4 Å². The molecule has 1 aromatic carbocycles. The number of fused-ring (bicyclic) bond motifs is 1. The van der Waals surface area contributed by atoms with Crippen molar-refractivity contribution in [3.63, 3.8) is 0 Å². The molecule has 1 aliphatic rings. The van der Waals surface area contributed by atoms with Gasteiger partial charge < -0.3 is 10.2 Å². The number of alkyl halides is 3. The molecule has 1 fully saturated rings. The van der Waals surface area contributed by atoms with Gasteiger partial charge in [0.15, 0.2) is 5.82 Å². The average Bonchev–Trinajstić information content (AvgIpc) is 3.18. The fraction of sp³-hybridized carbons (Fsp3) is 0.400. The van der Waals surface area contributed by atoms with E-state index in [0.29, 0.717) is 17.3 Å². The van der Waals surface area contributed by atoms with E-state index in [1.165, 1.54) is 23.5 Å². The third-order valence-corrected chi connectivity index (χ3v) is 6.09. The van der Waals surface area contributed by atoms with Gasteiger partial charge in [-0.25, -0.2) is 0 Å². The fourth-order valence-corrected chi connectivity index (χ4v) is 4.55. The van der Waals surface area contributed by atoms with Crippen LogP contribution in [0.3, 0.4) is 0 Å². The Morgan fingerprint density at radius 2 is 1.96 bits per heavy atom. The highest BCUT2D eigenvalue weighted by molar-refractivity contribution is 7.17. The lowest BCUT2D eigenvalue weighted by Gasteiger charge is -2.32. The molecule has 3 heterocycles. The summed E-state index contributed by atoms with van der Waals surface area (Å²) >= 11 is 1.52. The summed E-state index contributed by atoms with van der Waals surface area (Å²) in [6, 6.07) is 7.40.